The summed E-state index contributed by atoms with van der Waals surface area (Å²) in [5, 5.41) is 6.67. The van der Waals surface area contributed by atoms with Gasteiger partial charge in [0.25, 0.3) is 5.91 Å². The molecule has 0 saturated carbocycles. The van der Waals surface area contributed by atoms with Crippen LogP contribution in [0, 0.1) is 0 Å². The van der Waals surface area contributed by atoms with Gasteiger partial charge in [-0.15, -0.1) is 0 Å². The maximum Gasteiger partial charge on any atom is 0.272 e. The lowest BCUT2D eigenvalue weighted by molar-refractivity contribution is 0.0600. The standard InChI is InChI=1S/C20H22N6O2/c1-28-14-6-4-5-13(11-14)15-12-22-20(21)24-18(15)17-7-2-3-10-26(17)19(27)16-8-9-23-25-16/h4-6,8-9,11-12,17H,2-3,7,10H2,1H3,(H,23,25)(H2,21,22,24). The number of aromatic amines is 1. The molecule has 1 aliphatic rings. The van der Waals surface area contributed by atoms with E-state index < -0.39 is 0 Å². The van der Waals surface area contributed by atoms with E-state index in [9.17, 15) is 4.79 Å². The van der Waals surface area contributed by atoms with Crippen LogP contribution in [0.1, 0.15) is 41.5 Å². The largest absolute Gasteiger partial charge is 0.497 e. The first-order valence-corrected chi connectivity index (χ1v) is 9.24. The SMILES string of the molecule is COc1cccc(-c2cnc(N)nc2C2CCCCN2C(=O)c2ccn[nH]2)c1. The number of anilines is 1. The van der Waals surface area contributed by atoms with Crippen LogP contribution in [0.4, 0.5) is 5.95 Å². The molecule has 8 nitrogen and oxygen atoms in total. The van der Waals surface area contributed by atoms with Crippen LogP contribution in [0.2, 0.25) is 0 Å². The molecule has 3 N–H and O–H groups in total. The summed E-state index contributed by atoms with van der Waals surface area (Å²) in [6.45, 7) is 0.657. The van der Waals surface area contributed by atoms with Gasteiger partial charge in [-0.25, -0.2) is 9.97 Å². The number of benzene rings is 1. The van der Waals surface area contributed by atoms with Gasteiger partial charge in [0.2, 0.25) is 5.95 Å². The van der Waals surface area contributed by atoms with Gasteiger partial charge in [-0.1, -0.05) is 12.1 Å². The number of aromatic nitrogens is 4. The summed E-state index contributed by atoms with van der Waals surface area (Å²) in [5.41, 5.74) is 8.92. The van der Waals surface area contributed by atoms with E-state index in [-0.39, 0.29) is 17.9 Å². The first kappa shape index (κ1) is 18.0. The predicted molar refractivity (Wildman–Crippen MR) is 105 cm³/mol. The van der Waals surface area contributed by atoms with Crippen LogP contribution in [0.3, 0.4) is 0 Å². The van der Waals surface area contributed by atoms with Gasteiger partial charge >= 0.3 is 0 Å². The van der Waals surface area contributed by atoms with E-state index in [1.165, 1.54) is 0 Å². The highest BCUT2D eigenvalue weighted by molar-refractivity contribution is 5.92. The van der Waals surface area contributed by atoms with Crippen LogP contribution in [-0.4, -0.2) is 44.6 Å². The van der Waals surface area contributed by atoms with Gasteiger partial charge < -0.3 is 15.4 Å². The maximum atomic E-state index is 13.0. The lowest BCUT2D eigenvalue weighted by Gasteiger charge is -2.36. The summed E-state index contributed by atoms with van der Waals surface area (Å²) >= 11 is 0. The Balaban J connectivity index is 1.78. The van der Waals surface area contributed by atoms with Crippen molar-refractivity contribution in [2.75, 3.05) is 19.4 Å². The summed E-state index contributed by atoms with van der Waals surface area (Å²) < 4.78 is 5.35. The van der Waals surface area contributed by atoms with Crippen molar-refractivity contribution < 1.29 is 9.53 Å². The fraction of sp³-hybridized carbons (Fsp3) is 0.300. The topological polar surface area (TPSA) is 110 Å². The van der Waals surface area contributed by atoms with Crippen molar-refractivity contribution in [3.63, 3.8) is 0 Å². The van der Waals surface area contributed by atoms with Gasteiger partial charge in [0, 0.05) is 24.5 Å². The number of carbonyl (C=O) groups is 1. The Hall–Kier alpha value is -3.42. The summed E-state index contributed by atoms with van der Waals surface area (Å²) in [6, 6.07) is 9.22. The Morgan fingerprint density at radius 2 is 2.21 bits per heavy atom. The molecule has 2 aromatic heterocycles. The molecule has 0 radical (unpaired) electrons. The zero-order valence-electron chi connectivity index (χ0n) is 15.6. The number of methoxy groups -OCH3 is 1. The quantitative estimate of drug-likeness (QED) is 0.722. The minimum atomic E-state index is -0.184. The molecule has 1 amide bonds. The van der Waals surface area contributed by atoms with Crippen LogP contribution in [-0.2, 0) is 0 Å². The van der Waals surface area contributed by atoms with Gasteiger partial charge in [-0.05, 0) is 43.0 Å². The summed E-state index contributed by atoms with van der Waals surface area (Å²) in [4.78, 5) is 23.6. The second-order valence-electron chi connectivity index (χ2n) is 6.74. The monoisotopic (exact) mass is 378 g/mol. The van der Waals surface area contributed by atoms with Gasteiger partial charge in [-0.2, -0.15) is 5.10 Å². The maximum absolute atomic E-state index is 13.0. The summed E-state index contributed by atoms with van der Waals surface area (Å²) in [5.74, 6) is 0.853. The lowest BCUT2D eigenvalue weighted by atomic mass is 9.93. The molecule has 3 heterocycles. The van der Waals surface area contributed by atoms with Gasteiger partial charge in [-0.3, -0.25) is 9.89 Å². The van der Waals surface area contributed by atoms with E-state index in [2.05, 4.69) is 20.2 Å². The van der Waals surface area contributed by atoms with E-state index in [1.807, 2.05) is 29.2 Å². The first-order chi connectivity index (χ1) is 13.7. The number of H-pyrrole nitrogens is 1. The van der Waals surface area contributed by atoms with Crippen LogP contribution >= 0.6 is 0 Å². The number of nitrogens with two attached hydrogens (primary N) is 1. The molecule has 0 aliphatic carbocycles. The van der Waals surface area contributed by atoms with Crippen LogP contribution < -0.4 is 10.5 Å². The number of hydrogen-bond acceptors (Lipinski definition) is 6. The summed E-state index contributed by atoms with van der Waals surface area (Å²) in [6.07, 6.45) is 6.08. The second kappa shape index (κ2) is 7.67. The van der Waals surface area contributed by atoms with E-state index in [1.54, 1.807) is 25.6 Å². The Morgan fingerprint density at radius 1 is 1.32 bits per heavy atom. The molecule has 1 fully saturated rings. The van der Waals surface area contributed by atoms with Crippen molar-refractivity contribution >= 4 is 11.9 Å². The molecule has 8 heteroatoms. The Morgan fingerprint density at radius 3 is 3.00 bits per heavy atom. The van der Waals surface area contributed by atoms with Gasteiger partial charge in [0.15, 0.2) is 0 Å². The van der Waals surface area contributed by atoms with Crippen molar-refractivity contribution in [1.82, 2.24) is 25.1 Å². The van der Waals surface area contributed by atoms with E-state index in [4.69, 9.17) is 10.5 Å². The smallest absolute Gasteiger partial charge is 0.272 e. The number of nitrogens with one attached hydrogen (secondary N) is 1. The van der Waals surface area contributed by atoms with Crippen LogP contribution in [0.5, 0.6) is 5.75 Å². The van der Waals surface area contributed by atoms with E-state index >= 15 is 0 Å². The Kier molecular flexibility index (Phi) is 4.92. The fourth-order valence-electron chi connectivity index (χ4n) is 3.66. The molecule has 4 rings (SSSR count). The number of hydrogen-bond donors (Lipinski definition) is 2. The van der Waals surface area contributed by atoms with Crippen molar-refractivity contribution in [3.05, 3.63) is 54.1 Å². The van der Waals surface area contributed by atoms with Gasteiger partial charge in [0.1, 0.15) is 11.4 Å². The summed E-state index contributed by atoms with van der Waals surface area (Å²) in [7, 11) is 1.63. The highest BCUT2D eigenvalue weighted by Gasteiger charge is 2.32. The van der Waals surface area contributed by atoms with Crippen molar-refractivity contribution in [3.8, 4) is 16.9 Å². The van der Waals surface area contributed by atoms with Crippen molar-refractivity contribution in [1.29, 1.82) is 0 Å². The average Bonchev–Trinajstić information content (AvgIpc) is 3.28. The molecule has 1 aliphatic heterocycles. The molecule has 1 aromatic carbocycles. The number of likely N-dealkylation sites (tertiary alicyclic amines) is 1. The number of nitrogen functional groups attached to an aromatic ring is 1. The number of piperidine rings is 1. The molecule has 3 aromatic rings. The molecule has 1 unspecified atom stereocenters. The zero-order valence-corrected chi connectivity index (χ0v) is 15.6. The van der Waals surface area contributed by atoms with Crippen molar-refractivity contribution in [2.45, 2.75) is 25.3 Å². The van der Waals surface area contributed by atoms with Crippen LogP contribution in [0.15, 0.2) is 42.7 Å². The van der Waals surface area contributed by atoms with E-state index in [0.717, 1.165) is 41.8 Å². The molecular formula is C20H22N6O2. The molecule has 144 valence electrons. The second-order valence-corrected chi connectivity index (χ2v) is 6.74. The van der Waals surface area contributed by atoms with Crippen LogP contribution in [0.25, 0.3) is 11.1 Å². The normalized spacial score (nSPS) is 16.8. The number of amides is 1. The average molecular weight is 378 g/mol. The molecule has 28 heavy (non-hydrogen) atoms. The highest BCUT2D eigenvalue weighted by atomic mass is 16.5. The van der Waals surface area contributed by atoms with Crippen molar-refractivity contribution in [2.24, 2.45) is 0 Å². The molecule has 0 spiro atoms. The lowest BCUT2D eigenvalue weighted by Crippen LogP contribution is -2.39. The van der Waals surface area contributed by atoms with E-state index in [0.29, 0.717) is 12.2 Å². The number of rotatable bonds is 4. The number of carbonyl (C=O) groups excluding carboxylic acids is 1. The minimum absolute atomic E-state index is 0.0871. The third-order valence-corrected chi connectivity index (χ3v) is 5.03. The Labute approximate surface area is 162 Å². The molecular weight excluding hydrogens is 356 g/mol. The zero-order chi connectivity index (χ0) is 19.5. The molecule has 0 bridgehead atoms. The number of ether oxygens (including phenoxy) is 1. The molecule has 1 atom stereocenters. The highest BCUT2D eigenvalue weighted by Crippen LogP contribution is 2.37. The third-order valence-electron chi connectivity index (χ3n) is 5.03. The number of nitrogens with zero attached hydrogens (tertiary/aromatic N) is 4. The minimum Gasteiger partial charge on any atom is -0.497 e. The predicted octanol–water partition coefficient (Wildman–Crippen LogP) is 2.82. The molecule has 1 saturated heterocycles. The Bertz CT molecular complexity index is 973. The first-order valence-electron chi connectivity index (χ1n) is 9.24. The van der Waals surface area contributed by atoms with Gasteiger partial charge in [0.05, 0.1) is 18.8 Å². The fourth-order valence-corrected chi connectivity index (χ4v) is 3.66. The third kappa shape index (κ3) is 3.40.